The topological polar surface area (TPSA) is 65.8 Å². The summed E-state index contributed by atoms with van der Waals surface area (Å²) >= 11 is 3.18. The number of hydrogen-bond donors (Lipinski definition) is 1. The smallest absolute Gasteiger partial charge is 0.293 e. The van der Waals surface area contributed by atoms with Gasteiger partial charge >= 0.3 is 0 Å². The fourth-order valence-corrected chi connectivity index (χ4v) is 2.54. The molecule has 2 rings (SSSR count). The molecule has 1 aromatic heterocycles. The second kappa shape index (κ2) is 9.60. The molecule has 0 saturated heterocycles. The highest BCUT2D eigenvalue weighted by Gasteiger charge is 2.23. The van der Waals surface area contributed by atoms with Gasteiger partial charge in [-0.1, -0.05) is 12.1 Å². The summed E-state index contributed by atoms with van der Waals surface area (Å²) in [6.07, 6.45) is 0. The minimum absolute atomic E-state index is 0. The fourth-order valence-electron chi connectivity index (χ4n) is 2.24. The van der Waals surface area contributed by atoms with Gasteiger partial charge < -0.3 is 19.5 Å². The zero-order valence-electron chi connectivity index (χ0n) is 14.3. The van der Waals surface area contributed by atoms with Crippen molar-refractivity contribution in [2.75, 3.05) is 39.1 Å². The number of carbonyl (C=O) groups excluding carboxylic acids is 2. The van der Waals surface area contributed by atoms with E-state index in [1.807, 2.05) is 7.05 Å². The highest BCUT2D eigenvalue weighted by atomic mass is 79.9. The van der Waals surface area contributed by atoms with Crippen LogP contribution in [0.5, 0.6) is 0 Å². The zero-order chi connectivity index (χ0) is 17.7. The molecule has 0 bridgehead atoms. The van der Waals surface area contributed by atoms with E-state index in [1.54, 1.807) is 55.4 Å². The Kier molecular flexibility index (Phi) is 8.15. The first-order valence-corrected chi connectivity index (χ1v) is 8.27. The lowest BCUT2D eigenvalue weighted by Gasteiger charge is -2.23. The Morgan fingerprint density at radius 2 is 1.80 bits per heavy atom. The van der Waals surface area contributed by atoms with Crippen LogP contribution in [0.15, 0.2) is 45.5 Å². The molecular formula is C17H21BrClN3O3. The first-order chi connectivity index (χ1) is 11.5. The van der Waals surface area contributed by atoms with E-state index < -0.39 is 0 Å². The van der Waals surface area contributed by atoms with Crippen LogP contribution in [0.1, 0.15) is 20.9 Å². The van der Waals surface area contributed by atoms with Crippen LogP contribution >= 0.6 is 28.3 Å². The van der Waals surface area contributed by atoms with Gasteiger partial charge in [0.2, 0.25) is 0 Å². The zero-order valence-corrected chi connectivity index (χ0v) is 16.7. The molecule has 1 N–H and O–H groups in total. The third-order valence-electron chi connectivity index (χ3n) is 3.63. The molecule has 25 heavy (non-hydrogen) atoms. The highest BCUT2D eigenvalue weighted by molar-refractivity contribution is 9.10. The molecule has 2 aromatic rings. The van der Waals surface area contributed by atoms with Crippen LogP contribution in [0.4, 0.5) is 5.69 Å². The van der Waals surface area contributed by atoms with Gasteiger partial charge in [0.25, 0.3) is 11.8 Å². The maximum absolute atomic E-state index is 12.7. The van der Waals surface area contributed by atoms with Gasteiger partial charge in [0.05, 0.1) is 11.3 Å². The SMILES string of the molecule is CNCCN(C)C(=O)c1ccccc1N(C)C(=O)c1ccc(Br)o1.Cl. The van der Waals surface area contributed by atoms with Gasteiger partial charge in [-0.15, -0.1) is 12.4 Å². The number of hydrogen-bond acceptors (Lipinski definition) is 4. The molecule has 1 heterocycles. The molecule has 8 heteroatoms. The van der Waals surface area contributed by atoms with Gasteiger partial charge in [-0.25, -0.2) is 0 Å². The molecule has 0 unspecified atom stereocenters. The van der Waals surface area contributed by atoms with Crippen LogP contribution in [0, 0.1) is 0 Å². The van der Waals surface area contributed by atoms with Crippen molar-refractivity contribution in [1.82, 2.24) is 10.2 Å². The average Bonchev–Trinajstić information content (AvgIpc) is 3.04. The molecule has 0 spiro atoms. The van der Waals surface area contributed by atoms with Crippen LogP contribution in [-0.2, 0) is 0 Å². The van der Waals surface area contributed by atoms with E-state index in [1.165, 1.54) is 4.90 Å². The number of benzene rings is 1. The second-order valence-corrected chi connectivity index (χ2v) is 6.10. The molecule has 0 radical (unpaired) electrons. The van der Waals surface area contributed by atoms with Crippen molar-refractivity contribution < 1.29 is 14.0 Å². The number of likely N-dealkylation sites (N-methyl/N-ethyl adjacent to an activating group) is 2. The lowest BCUT2D eigenvalue weighted by Crippen LogP contribution is -2.34. The standard InChI is InChI=1S/C17H20BrN3O3.ClH/c1-19-10-11-20(2)16(22)12-6-4-5-7-13(12)21(3)17(23)14-8-9-15(18)24-14;/h4-9,19H,10-11H2,1-3H3;1H. The van der Waals surface area contributed by atoms with Crippen molar-refractivity contribution in [2.24, 2.45) is 0 Å². The Morgan fingerprint density at radius 3 is 2.40 bits per heavy atom. The predicted octanol–water partition coefficient (Wildman–Crippen LogP) is 3.03. The van der Waals surface area contributed by atoms with Crippen LogP contribution in [-0.4, -0.2) is 50.9 Å². The first-order valence-electron chi connectivity index (χ1n) is 7.48. The minimum atomic E-state index is -0.321. The fraction of sp³-hybridized carbons (Fsp3) is 0.294. The van der Waals surface area contributed by atoms with Gasteiger partial charge in [0, 0.05) is 27.2 Å². The number of rotatable bonds is 6. The summed E-state index contributed by atoms with van der Waals surface area (Å²) in [4.78, 5) is 28.3. The van der Waals surface area contributed by atoms with Crippen molar-refractivity contribution in [3.8, 4) is 0 Å². The number of carbonyl (C=O) groups is 2. The van der Waals surface area contributed by atoms with Crippen LogP contribution in [0.25, 0.3) is 0 Å². The number of anilines is 1. The lowest BCUT2D eigenvalue weighted by atomic mass is 10.1. The van der Waals surface area contributed by atoms with E-state index in [4.69, 9.17) is 4.42 Å². The Hall–Kier alpha value is -1.83. The first kappa shape index (κ1) is 21.2. The summed E-state index contributed by atoms with van der Waals surface area (Å²) in [6, 6.07) is 10.3. The molecular weight excluding hydrogens is 410 g/mol. The molecule has 136 valence electrons. The number of nitrogens with one attached hydrogen (secondary N) is 1. The summed E-state index contributed by atoms with van der Waals surface area (Å²) in [5, 5.41) is 3.01. The Bertz CT molecular complexity index is 735. The van der Waals surface area contributed by atoms with Gasteiger partial charge in [-0.2, -0.15) is 0 Å². The molecule has 0 aliphatic carbocycles. The van der Waals surface area contributed by atoms with Crippen LogP contribution in [0.2, 0.25) is 0 Å². The summed E-state index contributed by atoms with van der Waals surface area (Å²) < 4.78 is 5.79. The number of halogens is 2. The molecule has 0 fully saturated rings. The van der Waals surface area contributed by atoms with Crippen LogP contribution in [0.3, 0.4) is 0 Å². The Labute approximate surface area is 161 Å². The largest absolute Gasteiger partial charge is 0.444 e. The highest BCUT2D eigenvalue weighted by Crippen LogP contribution is 2.24. The molecule has 1 aromatic carbocycles. The van der Waals surface area contributed by atoms with Gasteiger partial charge in [0.15, 0.2) is 10.4 Å². The summed E-state index contributed by atoms with van der Waals surface area (Å²) in [7, 11) is 5.20. The minimum Gasteiger partial charge on any atom is -0.444 e. The third kappa shape index (κ3) is 5.07. The summed E-state index contributed by atoms with van der Waals surface area (Å²) in [5.41, 5.74) is 1.01. The molecule has 0 aliphatic rings. The molecule has 2 amide bonds. The normalized spacial score (nSPS) is 10.1. The number of furan rings is 1. The monoisotopic (exact) mass is 429 g/mol. The number of amides is 2. The quantitative estimate of drug-likeness (QED) is 0.765. The Morgan fingerprint density at radius 1 is 1.12 bits per heavy atom. The van der Waals surface area contributed by atoms with Gasteiger partial charge in [-0.3, -0.25) is 9.59 Å². The summed E-state index contributed by atoms with van der Waals surface area (Å²) in [5.74, 6) is -0.255. The average molecular weight is 431 g/mol. The Balaban J connectivity index is 0.00000312. The maximum atomic E-state index is 12.7. The van der Waals surface area contributed by atoms with E-state index in [-0.39, 0.29) is 30.0 Å². The summed E-state index contributed by atoms with van der Waals surface area (Å²) in [6.45, 7) is 1.27. The van der Waals surface area contributed by atoms with E-state index in [0.717, 1.165) is 0 Å². The van der Waals surface area contributed by atoms with E-state index in [2.05, 4.69) is 21.2 Å². The predicted molar refractivity (Wildman–Crippen MR) is 104 cm³/mol. The van der Waals surface area contributed by atoms with E-state index in [9.17, 15) is 9.59 Å². The van der Waals surface area contributed by atoms with E-state index in [0.29, 0.717) is 29.0 Å². The van der Waals surface area contributed by atoms with Crippen molar-refractivity contribution >= 4 is 45.8 Å². The van der Waals surface area contributed by atoms with Gasteiger partial charge in [0.1, 0.15) is 0 Å². The van der Waals surface area contributed by atoms with Crippen molar-refractivity contribution in [2.45, 2.75) is 0 Å². The lowest BCUT2D eigenvalue weighted by molar-refractivity contribution is 0.0797. The molecule has 0 atom stereocenters. The maximum Gasteiger partial charge on any atom is 0.293 e. The second-order valence-electron chi connectivity index (χ2n) is 5.32. The van der Waals surface area contributed by atoms with Crippen LogP contribution < -0.4 is 10.2 Å². The van der Waals surface area contributed by atoms with Crippen molar-refractivity contribution in [3.05, 3.63) is 52.4 Å². The molecule has 0 aliphatic heterocycles. The van der Waals surface area contributed by atoms with E-state index >= 15 is 0 Å². The number of nitrogens with zero attached hydrogens (tertiary/aromatic N) is 2. The van der Waals surface area contributed by atoms with Crippen molar-refractivity contribution in [1.29, 1.82) is 0 Å². The van der Waals surface area contributed by atoms with Crippen molar-refractivity contribution in [3.63, 3.8) is 0 Å². The molecule has 0 saturated carbocycles. The number of para-hydroxylation sites is 1. The van der Waals surface area contributed by atoms with Gasteiger partial charge in [-0.05, 0) is 47.2 Å². The molecule has 6 nitrogen and oxygen atoms in total. The third-order valence-corrected chi connectivity index (χ3v) is 4.05.